The van der Waals surface area contributed by atoms with E-state index >= 15 is 0 Å². The van der Waals surface area contributed by atoms with Gasteiger partial charge in [0.1, 0.15) is 0 Å². The predicted molar refractivity (Wildman–Crippen MR) is 99.9 cm³/mol. The summed E-state index contributed by atoms with van der Waals surface area (Å²) in [7, 11) is 0. The summed E-state index contributed by atoms with van der Waals surface area (Å²) in [6.07, 6.45) is 0.484. The molecule has 2 heterocycles. The third-order valence-corrected chi connectivity index (χ3v) is 4.92. The number of amides is 1. The second-order valence-electron chi connectivity index (χ2n) is 6.99. The second-order valence-corrected chi connectivity index (χ2v) is 6.99. The molecule has 1 aromatic carbocycles. The van der Waals surface area contributed by atoms with Crippen molar-refractivity contribution in [3.8, 4) is 0 Å². The molecule has 2 aromatic rings. The van der Waals surface area contributed by atoms with Gasteiger partial charge in [-0.3, -0.25) is 14.7 Å². The van der Waals surface area contributed by atoms with Crippen molar-refractivity contribution in [1.82, 2.24) is 14.8 Å². The van der Waals surface area contributed by atoms with Crippen molar-refractivity contribution in [2.24, 2.45) is 0 Å². The molecule has 1 atom stereocenters. The van der Waals surface area contributed by atoms with Crippen LogP contribution in [0.1, 0.15) is 35.0 Å². The lowest BCUT2D eigenvalue weighted by atomic mass is 10.0. The van der Waals surface area contributed by atoms with Gasteiger partial charge in [-0.05, 0) is 38.5 Å². The normalized spacial score (nSPS) is 17.0. The SMILES string of the molecule is CC[C@H](O)CN1CCN(C(=O)c2cc(C)nc3ccc(C)cc23)CC1. The molecule has 0 radical (unpaired) electrons. The third kappa shape index (κ3) is 3.99. The number of carbonyl (C=O) groups excluding carboxylic acids is 1. The van der Waals surface area contributed by atoms with Gasteiger partial charge in [0.05, 0.1) is 17.2 Å². The summed E-state index contributed by atoms with van der Waals surface area (Å²) >= 11 is 0. The van der Waals surface area contributed by atoms with Crippen molar-refractivity contribution in [3.63, 3.8) is 0 Å². The van der Waals surface area contributed by atoms with Crippen LogP contribution in [0.3, 0.4) is 0 Å². The maximum absolute atomic E-state index is 13.1. The molecule has 1 saturated heterocycles. The maximum Gasteiger partial charge on any atom is 0.254 e. The highest BCUT2D eigenvalue weighted by Crippen LogP contribution is 2.22. The molecule has 0 aliphatic carbocycles. The number of fused-ring (bicyclic) bond motifs is 1. The monoisotopic (exact) mass is 341 g/mol. The van der Waals surface area contributed by atoms with Gasteiger partial charge in [-0.15, -0.1) is 0 Å². The van der Waals surface area contributed by atoms with Gasteiger partial charge in [0.15, 0.2) is 0 Å². The molecule has 0 spiro atoms. The Hall–Kier alpha value is -1.98. The highest BCUT2D eigenvalue weighted by atomic mass is 16.3. The second kappa shape index (κ2) is 7.50. The van der Waals surface area contributed by atoms with E-state index in [0.29, 0.717) is 19.6 Å². The Morgan fingerprint density at radius 2 is 1.92 bits per heavy atom. The fourth-order valence-electron chi connectivity index (χ4n) is 3.38. The van der Waals surface area contributed by atoms with E-state index in [0.717, 1.165) is 47.2 Å². The molecule has 1 aromatic heterocycles. The maximum atomic E-state index is 13.1. The standard InChI is InChI=1S/C20H27N3O2/c1-4-16(24)13-22-7-9-23(10-8-22)20(25)18-12-15(3)21-19-6-5-14(2)11-17(18)19/h5-6,11-12,16,24H,4,7-10,13H2,1-3H3/t16-/m0/s1. The smallest absolute Gasteiger partial charge is 0.254 e. The number of hydrogen-bond acceptors (Lipinski definition) is 4. The number of β-amino-alcohol motifs (C(OH)–C–C–N with tert-alkyl or cyclic N) is 1. The molecule has 5 nitrogen and oxygen atoms in total. The summed E-state index contributed by atoms with van der Waals surface area (Å²) in [5, 5.41) is 10.7. The Bertz CT molecular complexity index is 767. The number of pyridine rings is 1. The zero-order valence-corrected chi connectivity index (χ0v) is 15.3. The minimum atomic E-state index is -0.281. The van der Waals surface area contributed by atoms with Crippen molar-refractivity contribution in [2.75, 3.05) is 32.7 Å². The molecule has 1 N–H and O–H groups in total. The van der Waals surface area contributed by atoms with Crippen LogP contribution in [0.15, 0.2) is 24.3 Å². The van der Waals surface area contributed by atoms with Crippen LogP contribution in [0, 0.1) is 13.8 Å². The first-order chi connectivity index (χ1) is 12.0. The Kier molecular flexibility index (Phi) is 5.35. The molecular formula is C20H27N3O2. The number of aryl methyl sites for hydroxylation is 2. The largest absolute Gasteiger partial charge is 0.392 e. The van der Waals surface area contributed by atoms with Gasteiger partial charge in [0.2, 0.25) is 0 Å². The van der Waals surface area contributed by atoms with Crippen molar-refractivity contribution < 1.29 is 9.90 Å². The minimum Gasteiger partial charge on any atom is -0.392 e. The Morgan fingerprint density at radius 3 is 2.60 bits per heavy atom. The van der Waals surface area contributed by atoms with Crippen LogP contribution >= 0.6 is 0 Å². The molecule has 1 fully saturated rings. The Labute approximate surface area is 149 Å². The van der Waals surface area contributed by atoms with Gasteiger partial charge in [-0.2, -0.15) is 0 Å². The zero-order chi connectivity index (χ0) is 18.0. The van der Waals surface area contributed by atoms with Gasteiger partial charge >= 0.3 is 0 Å². The van der Waals surface area contributed by atoms with Gasteiger partial charge in [0.25, 0.3) is 5.91 Å². The van der Waals surface area contributed by atoms with Crippen LogP contribution in [0.2, 0.25) is 0 Å². The summed E-state index contributed by atoms with van der Waals surface area (Å²) in [6.45, 7) is 9.66. The van der Waals surface area contributed by atoms with E-state index in [-0.39, 0.29) is 12.0 Å². The topological polar surface area (TPSA) is 56.7 Å². The van der Waals surface area contributed by atoms with Crippen LogP contribution in [-0.2, 0) is 0 Å². The fourth-order valence-corrected chi connectivity index (χ4v) is 3.38. The van der Waals surface area contributed by atoms with E-state index in [9.17, 15) is 9.90 Å². The van der Waals surface area contributed by atoms with Gasteiger partial charge in [-0.25, -0.2) is 0 Å². The van der Waals surface area contributed by atoms with Crippen LogP contribution in [-0.4, -0.2) is 64.6 Å². The summed E-state index contributed by atoms with van der Waals surface area (Å²) < 4.78 is 0. The summed E-state index contributed by atoms with van der Waals surface area (Å²) in [6, 6.07) is 7.96. The van der Waals surface area contributed by atoms with E-state index < -0.39 is 0 Å². The van der Waals surface area contributed by atoms with Gasteiger partial charge < -0.3 is 10.0 Å². The lowest BCUT2D eigenvalue weighted by molar-refractivity contribution is 0.0525. The first kappa shape index (κ1) is 17.8. The van der Waals surface area contributed by atoms with Crippen LogP contribution < -0.4 is 0 Å². The molecule has 1 aliphatic heterocycles. The quantitative estimate of drug-likeness (QED) is 0.928. The molecular weight excluding hydrogens is 314 g/mol. The molecule has 0 bridgehead atoms. The average Bonchev–Trinajstić information content (AvgIpc) is 2.61. The van der Waals surface area contributed by atoms with Crippen LogP contribution in [0.5, 0.6) is 0 Å². The number of aliphatic hydroxyl groups excluding tert-OH is 1. The Balaban J connectivity index is 1.78. The number of nitrogens with zero attached hydrogens (tertiary/aromatic N) is 3. The van der Waals surface area contributed by atoms with Crippen molar-refractivity contribution in [3.05, 3.63) is 41.1 Å². The molecule has 1 aliphatic rings. The van der Waals surface area contributed by atoms with Crippen molar-refractivity contribution in [2.45, 2.75) is 33.3 Å². The molecule has 0 unspecified atom stereocenters. The van der Waals surface area contributed by atoms with E-state index in [2.05, 4.69) is 9.88 Å². The van der Waals surface area contributed by atoms with E-state index in [1.807, 2.05) is 49.9 Å². The minimum absolute atomic E-state index is 0.0804. The van der Waals surface area contributed by atoms with Crippen LogP contribution in [0.25, 0.3) is 10.9 Å². The first-order valence-electron chi connectivity index (χ1n) is 9.05. The molecule has 1 amide bonds. The van der Waals surface area contributed by atoms with Gasteiger partial charge in [0, 0.05) is 43.8 Å². The summed E-state index contributed by atoms with van der Waals surface area (Å²) in [4.78, 5) is 21.8. The predicted octanol–water partition coefficient (Wildman–Crippen LogP) is 2.38. The molecule has 5 heteroatoms. The number of rotatable bonds is 4. The number of aromatic nitrogens is 1. The zero-order valence-electron chi connectivity index (χ0n) is 15.3. The van der Waals surface area contributed by atoms with Crippen LogP contribution in [0.4, 0.5) is 0 Å². The van der Waals surface area contributed by atoms with E-state index in [1.54, 1.807) is 0 Å². The number of piperazine rings is 1. The highest BCUT2D eigenvalue weighted by Gasteiger charge is 2.24. The summed E-state index contributed by atoms with van der Waals surface area (Å²) in [5.41, 5.74) is 3.61. The van der Waals surface area contributed by atoms with Gasteiger partial charge in [-0.1, -0.05) is 18.6 Å². The molecule has 134 valence electrons. The lowest BCUT2D eigenvalue weighted by Crippen LogP contribution is -2.50. The molecule has 0 saturated carbocycles. The van der Waals surface area contributed by atoms with E-state index in [1.165, 1.54) is 0 Å². The Morgan fingerprint density at radius 1 is 1.20 bits per heavy atom. The fraction of sp³-hybridized carbons (Fsp3) is 0.500. The lowest BCUT2D eigenvalue weighted by Gasteiger charge is -2.35. The molecule has 25 heavy (non-hydrogen) atoms. The number of benzene rings is 1. The highest BCUT2D eigenvalue weighted by molar-refractivity contribution is 6.06. The third-order valence-electron chi connectivity index (χ3n) is 4.92. The average molecular weight is 341 g/mol. The molecule has 3 rings (SSSR count). The number of carbonyl (C=O) groups is 1. The number of hydrogen-bond donors (Lipinski definition) is 1. The van der Waals surface area contributed by atoms with Crippen molar-refractivity contribution >= 4 is 16.8 Å². The first-order valence-corrected chi connectivity index (χ1v) is 9.05. The van der Waals surface area contributed by atoms with E-state index in [4.69, 9.17) is 0 Å². The number of aliphatic hydroxyl groups is 1. The van der Waals surface area contributed by atoms with Crippen molar-refractivity contribution in [1.29, 1.82) is 0 Å². The summed E-state index contributed by atoms with van der Waals surface area (Å²) in [5.74, 6) is 0.0804.